The molecule has 0 unspecified atom stereocenters. The van der Waals surface area contributed by atoms with Gasteiger partial charge in [0.2, 0.25) is 0 Å². The van der Waals surface area contributed by atoms with E-state index < -0.39 is 0 Å². The van der Waals surface area contributed by atoms with E-state index in [4.69, 9.17) is 11.6 Å². The number of hydrogen-bond donors (Lipinski definition) is 1. The topological polar surface area (TPSA) is 44.7 Å². The Hall–Kier alpha value is -3.89. The van der Waals surface area contributed by atoms with Crippen LogP contribution in [0.4, 0.5) is 17.1 Å². The van der Waals surface area contributed by atoms with E-state index in [0.717, 1.165) is 22.6 Å². The summed E-state index contributed by atoms with van der Waals surface area (Å²) in [5, 5.41) is 4.64. The Morgan fingerprint density at radius 1 is 0.710 bits per heavy atom. The van der Waals surface area contributed by atoms with Gasteiger partial charge in [-0.15, -0.1) is 0 Å². The second-order valence-electron chi connectivity index (χ2n) is 6.80. The summed E-state index contributed by atoms with van der Waals surface area (Å²) in [6.07, 6.45) is 1.62. The minimum atomic E-state index is -0.288. The van der Waals surface area contributed by atoms with Crippen LogP contribution < -0.4 is 10.3 Å². The molecule has 4 aromatic rings. The van der Waals surface area contributed by atoms with Crippen LogP contribution >= 0.6 is 11.6 Å². The zero-order valence-electron chi connectivity index (χ0n) is 16.7. The fourth-order valence-electron chi connectivity index (χ4n) is 3.14. The van der Waals surface area contributed by atoms with Gasteiger partial charge in [0.25, 0.3) is 5.91 Å². The van der Waals surface area contributed by atoms with Gasteiger partial charge in [-0.05, 0) is 66.2 Å². The van der Waals surface area contributed by atoms with Crippen molar-refractivity contribution >= 4 is 40.8 Å². The third kappa shape index (κ3) is 5.18. The fraction of sp³-hybridized carbons (Fsp3) is 0. The number of hydrazone groups is 1. The van der Waals surface area contributed by atoms with Gasteiger partial charge >= 0.3 is 0 Å². The van der Waals surface area contributed by atoms with Crippen LogP contribution in [-0.2, 0) is 0 Å². The quantitative estimate of drug-likeness (QED) is 0.280. The van der Waals surface area contributed by atoms with E-state index >= 15 is 0 Å². The van der Waals surface area contributed by atoms with Crippen molar-refractivity contribution in [2.24, 2.45) is 5.10 Å². The van der Waals surface area contributed by atoms with Gasteiger partial charge in [-0.25, -0.2) is 5.43 Å². The molecule has 4 aromatic carbocycles. The number of nitrogens with zero attached hydrogens (tertiary/aromatic N) is 2. The predicted molar refractivity (Wildman–Crippen MR) is 128 cm³/mol. The lowest BCUT2D eigenvalue weighted by molar-refractivity contribution is 0.0955. The van der Waals surface area contributed by atoms with Gasteiger partial charge in [-0.1, -0.05) is 60.1 Å². The molecule has 0 saturated carbocycles. The molecule has 0 bridgehead atoms. The molecular weight excluding hydrogens is 406 g/mol. The Kier molecular flexibility index (Phi) is 6.41. The van der Waals surface area contributed by atoms with Crippen molar-refractivity contribution in [3.8, 4) is 0 Å². The highest BCUT2D eigenvalue weighted by Gasteiger charge is 2.11. The summed E-state index contributed by atoms with van der Waals surface area (Å²) in [6, 6.07) is 35.1. The van der Waals surface area contributed by atoms with Crippen LogP contribution in [0.2, 0.25) is 5.02 Å². The van der Waals surface area contributed by atoms with Crippen molar-refractivity contribution in [3.63, 3.8) is 0 Å². The van der Waals surface area contributed by atoms with Crippen LogP contribution in [0, 0.1) is 0 Å². The maximum atomic E-state index is 12.1. The van der Waals surface area contributed by atoms with E-state index in [1.807, 2.05) is 60.7 Å². The van der Waals surface area contributed by atoms with Crippen molar-refractivity contribution in [2.45, 2.75) is 0 Å². The molecule has 4 nitrogen and oxygen atoms in total. The molecule has 1 amide bonds. The summed E-state index contributed by atoms with van der Waals surface area (Å²) < 4.78 is 0. The molecule has 0 aliphatic carbocycles. The second kappa shape index (κ2) is 9.74. The first kappa shape index (κ1) is 20.4. The van der Waals surface area contributed by atoms with Crippen LogP contribution in [0.5, 0.6) is 0 Å². The molecule has 0 radical (unpaired) electrons. The van der Waals surface area contributed by atoms with E-state index in [1.54, 1.807) is 30.5 Å². The zero-order valence-corrected chi connectivity index (χ0v) is 17.4. The molecule has 5 heteroatoms. The smallest absolute Gasteiger partial charge is 0.271 e. The number of anilines is 3. The Balaban J connectivity index is 1.50. The zero-order chi connectivity index (χ0) is 21.5. The Bertz CT molecular complexity index is 1120. The normalized spacial score (nSPS) is 10.7. The number of carbonyl (C=O) groups is 1. The SMILES string of the molecule is O=C(N/N=C/c1ccc(N(c2ccccc2)c2ccccc2)cc1)c1ccc(Cl)cc1. The summed E-state index contributed by atoms with van der Waals surface area (Å²) in [5.74, 6) is -0.288. The molecule has 0 saturated heterocycles. The number of amides is 1. The van der Waals surface area contributed by atoms with Crippen molar-refractivity contribution in [3.05, 3.63) is 125 Å². The van der Waals surface area contributed by atoms with Crippen molar-refractivity contribution in [1.29, 1.82) is 0 Å². The van der Waals surface area contributed by atoms with E-state index in [9.17, 15) is 4.79 Å². The first-order valence-corrected chi connectivity index (χ1v) is 10.2. The van der Waals surface area contributed by atoms with E-state index in [0.29, 0.717) is 10.6 Å². The van der Waals surface area contributed by atoms with Gasteiger partial charge in [-0.3, -0.25) is 4.79 Å². The molecule has 0 aromatic heterocycles. The highest BCUT2D eigenvalue weighted by Crippen LogP contribution is 2.33. The van der Waals surface area contributed by atoms with Crippen LogP contribution in [0.1, 0.15) is 15.9 Å². The van der Waals surface area contributed by atoms with E-state index in [-0.39, 0.29) is 5.91 Å². The summed E-state index contributed by atoms with van der Waals surface area (Å²) in [5.41, 5.74) is 7.08. The average molecular weight is 426 g/mol. The molecule has 0 fully saturated rings. The Morgan fingerprint density at radius 3 is 1.77 bits per heavy atom. The Labute approximate surface area is 186 Å². The lowest BCUT2D eigenvalue weighted by Gasteiger charge is -2.25. The molecule has 152 valence electrons. The molecule has 0 atom stereocenters. The number of para-hydroxylation sites is 2. The first-order chi connectivity index (χ1) is 15.2. The average Bonchev–Trinajstić information content (AvgIpc) is 2.82. The molecular formula is C26H20ClN3O. The number of nitrogens with one attached hydrogen (secondary N) is 1. The lowest BCUT2D eigenvalue weighted by atomic mass is 10.1. The predicted octanol–water partition coefficient (Wildman–Crippen LogP) is 6.57. The van der Waals surface area contributed by atoms with Crippen LogP contribution in [0.15, 0.2) is 114 Å². The molecule has 0 aliphatic rings. The number of rotatable bonds is 6. The van der Waals surface area contributed by atoms with Crippen molar-refractivity contribution < 1.29 is 4.79 Å². The molecule has 1 N–H and O–H groups in total. The maximum absolute atomic E-state index is 12.1. The van der Waals surface area contributed by atoms with Gasteiger partial charge in [0, 0.05) is 27.6 Å². The number of carbonyl (C=O) groups excluding carboxylic acids is 1. The van der Waals surface area contributed by atoms with Crippen LogP contribution in [0.3, 0.4) is 0 Å². The second-order valence-corrected chi connectivity index (χ2v) is 7.24. The summed E-state index contributed by atoms with van der Waals surface area (Å²) >= 11 is 5.85. The maximum Gasteiger partial charge on any atom is 0.271 e. The monoisotopic (exact) mass is 425 g/mol. The van der Waals surface area contributed by atoms with E-state index in [2.05, 4.69) is 39.7 Å². The van der Waals surface area contributed by atoms with Crippen LogP contribution in [0.25, 0.3) is 0 Å². The van der Waals surface area contributed by atoms with E-state index in [1.165, 1.54) is 0 Å². The molecule has 0 spiro atoms. The largest absolute Gasteiger partial charge is 0.311 e. The van der Waals surface area contributed by atoms with Crippen molar-refractivity contribution in [2.75, 3.05) is 4.90 Å². The van der Waals surface area contributed by atoms with Gasteiger partial charge in [0.05, 0.1) is 6.21 Å². The molecule has 0 heterocycles. The number of halogens is 1. The minimum Gasteiger partial charge on any atom is -0.311 e. The van der Waals surface area contributed by atoms with Crippen LogP contribution in [-0.4, -0.2) is 12.1 Å². The van der Waals surface area contributed by atoms with Gasteiger partial charge in [0.1, 0.15) is 0 Å². The molecule has 4 rings (SSSR count). The highest BCUT2D eigenvalue weighted by atomic mass is 35.5. The van der Waals surface area contributed by atoms with Gasteiger partial charge in [0.15, 0.2) is 0 Å². The number of benzene rings is 4. The molecule has 0 aliphatic heterocycles. The fourth-order valence-corrected chi connectivity index (χ4v) is 3.27. The Morgan fingerprint density at radius 2 is 1.23 bits per heavy atom. The standard InChI is InChI=1S/C26H20ClN3O/c27-22-15-13-21(14-16-22)26(31)29-28-19-20-11-17-25(18-12-20)30(23-7-3-1-4-8-23)24-9-5-2-6-10-24/h1-19H,(H,29,31)/b28-19+. The summed E-state index contributed by atoms with van der Waals surface area (Å²) in [7, 11) is 0. The summed E-state index contributed by atoms with van der Waals surface area (Å²) in [6.45, 7) is 0. The first-order valence-electron chi connectivity index (χ1n) is 9.80. The lowest BCUT2D eigenvalue weighted by Crippen LogP contribution is -2.17. The van der Waals surface area contributed by atoms with Gasteiger partial charge in [-0.2, -0.15) is 5.10 Å². The highest BCUT2D eigenvalue weighted by molar-refractivity contribution is 6.30. The third-order valence-corrected chi connectivity index (χ3v) is 4.92. The number of hydrogen-bond acceptors (Lipinski definition) is 3. The summed E-state index contributed by atoms with van der Waals surface area (Å²) in [4.78, 5) is 14.3. The van der Waals surface area contributed by atoms with Crippen molar-refractivity contribution in [1.82, 2.24) is 5.43 Å². The molecule has 31 heavy (non-hydrogen) atoms. The minimum absolute atomic E-state index is 0.288. The van der Waals surface area contributed by atoms with Gasteiger partial charge < -0.3 is 4.90 Å². The third-order valence-electron chi connectivity index (χ3n) is 4.67.